The molecule has 0 fully saturated rings. The largest absolute Gasteiger partial charge is 0.416 e. The molecule has 2 aromatic carbocycles. The highest BCUT2D eigenvalue weighted by Gasteiger charge is 2.29. The van der Waals surface area contributed by atoms with Crippen molar-refractivity contribution in [2.75, 3.05) is 0 Å². The molecule has 4 heteroatoms. The quantitative estimate of drug-likeness (QED) is 0.575. The molecule has 0 saturated carbocycles. The van der Waals surface area contributed by atoms with Crippen LogP contribution in [0.1, 0.15) is 41.7 Å². The Hall–Kier alpha value is -2.10. The molecule has 132 valence electrons. The van der Waals surface area contributed by atoms with Gasteiger partial charge in [-0.15, -0.1) is 0 Å². The van der Waals surface area contributed by atoms with Crippen LogP contribution < -0.4 is 0 Å². The van der Waals surface area contributed by atoms with Crippen molar-refractivity contribution in [1.82, 2.24) is 0 Å². The van der Waals surface area contributed by atoms with Crippen LogP contribution in [0.4, 0.5) is 13.2 Å². The highest BCUT2D eigenvalue weighted by molar-refractivity contribution is 5.44. The number of benzene rings is 2. The van der Waals surface area contributed by atoms with Crippen molar-refractivity contribution in [2.45, 2.75) is 47.2 Å². The van der Waals surface area contributed by atoms with E-state index in [0.717, 1.165) is 24.8 Å². The Morgan fingerprint density at radius 2 is 1.38 bits per heavy atom. The van der Waals surface area contributed by atoms with Gasteiger partial charge in [0.1, 0.15) is 6.29 Å². The van der Waals surface area contributed by atoms with Gasteiger partial charge in [0.15, 0.2) is 0 Å². The first-order chi connectivity index (χ1) is 11.2. The van der Waals surface area contributed by atoms with Crippen LogP contribution in [0.15, 0.2) is 42.5 Å². The zero-order valence-corrected chi connectivity index (χ0v) is 14.9. The average molecular weight is 338 g/mol. The molecule has 2 aromatic rings. The molecular formula is C20H25F3O. The molecule has 0 unspecified atom stereocenters. The average Bonchev–Trinajstić information content (AvgIpc) is 2.48. The van der Waals surface area contributed by atoms with Gasteiger partial charge in [0, 0.05) is 0 Å². The minimum atomic E-state index is -4.21. The minimum absolute atomic E-state index is 0.602. The molecule has 0 spiro atoms. The summed E-state index contributed by atoms with van der Waals surface area (Å²) in [6.07, 6.45) is -2.31. The van der Waals surface area contributed by atoms with E-state index in [1.165, 1.54) is 41.3 Å². The Balaban J connectivity index is 0.000000381. The van der Waals surface area contributed by atoms with Gasteiger partial charge in [-0.2, -0.15) is 13.2 Å². The predicted molar refractivity (Wildman–Crippen MR) is 93.2 cm³/mol. The lowest BCUT2D eigenvalue weighted by molar-refractivity contribution is -0.137. The Bertz CT molecular complexity index is 594. The van der Waals surface area contributed by atoms with Crippen molar-refractivity contribution in [3.8, 4) is 0 Å². The zero-order chi connectivity index (χ0) is 18.8. The van der Waals surface area contributed by atoms with Gasteiger partial charge in [0.25, 0.3) is 0 Å². The van der Waals surface area contributed by atoms with Crippen LogP contribution in [0.3, 0.4) is 0 Å². The van der Waals surface area contributed by atoms with Gasteiger partial charge in [0.2, 0.25) is 0 Å². The van der Waals surface area contributed by atoms with Crippen molar-refractivity contribution in [3.63, 3.8) is 0 Å². The smallest absolute Gasteiger partial charge is 0.304 e. The van der Waals surface area contributed by atoms with Crippen molar-refractivity contribution < 1.29 is 18.0 Å². The Morgan fingerprint density at radius 1 is 0.958 bits per heavy atom. The van der Waals surface area contributed by atoms with Gasteiger partial charge >= 0.3 is 6.18 Å². The fraction of sp³-hybridized carbons (Fsp3) is 0.350. The van der Waals surface area contributed by atoms with E-state index in [4.69, 9.17) is 4.79 Å². The number of aldehydes is 1. The molecule has 1 nitrogen and oxygen atoms in total. The van der Waals surface area contributed by atoms with E-state index in [9.17, 15) is 13.2 Å². The van der Waals surface area contributed by atoms with E-state index < -0.39 is 11.7 Å². The molecule has 0 N–H and O–H groups in total. The summed E-state index contributed by atoms with van der Waals surface area (Å²) < 4.78 is 35.4. The SMILES string of the molecule is CC=O.CCc1c(C)cc(C)cc1C.FC(F)(F)c1ccccc1. The molecule has 0 aliphatic rings. The summed E-state index contributed by atoms with van der Waals surface area (Å²) in [5.74, 6) is 0. The molecule has 0 radical (unpaired) electrons. The lowest BCUT2D eigenvalue weighted by Crippen LogP contribution is -2.03. The third kappa shape index (κ3) is 7.95. The van der Waals surface area contributed by atoms with Gasteiger partial charge < -0.3 is 4.79 Å². The predicted octanol–water partition coefficient (Wildman–Crippen LogP) is 6.08. The maximum Gasteiger partial charge on any atom is 0.416 e. The molecule has 0 bridgehead atoms. The molecule has 0 atom stereocenters. The van der Waals surface area contributed by atoms with Crippen LogP contribution in [-0.2, 0) is 17.4 Å². The molecule has 0 aromatic heterocycles. The van der Waals surface area contributed by atoms with E-state index in [1.807, 2.05) is 0 Å². The first kappa shape index (κ1) is 21.9. The molecular weight excluding hydrogens is 313 g/mol. The van der Waals surface area contributed by atoms with Crippen LogP contribution in [0.25, 0.3) is 0 Å². The van der Waals surface area contributed by atoms with E-state index in [-0.39, 0.29) is 0 Å². The monoisotopic (exact) mass is 338 g/mol. The molecule has 24 heavy (non-hydrogen) atoms. The summed E-state index contributed by atoms with van der Waals surface area (Å²) in [6, 6.07) is 10.9. The van der Waals surface area contributed by atoms with Crippen molar-refractivity contribution in [2.24, 2.45) is 0 Å². The Labute approximate surface area is 142 Å². The number of aryl methyl sites for hydroxylation is 3. The third-order valence-corrected chi connectivity index (χ3v) is 3.30. The molecule has 0 aliphatic carbocycles. The minimum Gasteiger partial charge on any atom is -0.304 e. The fourth-order valence-electron chi connectivity index (χ4n) is 2.39. The van der Waals surface area contributed by atoms with Crippen LogP contribution in [-0.4, -0.2) is 6.29 Å². The van der Waals surface area contributed by atoms with Gasteiger partial charge in [-0.25, -0.2) is 0 Å². The molecule has 0 saturated heterocycles. The van der Waals surface area contributed by atoms with E-state index in [2.05, 4.69) is 39.8 Å². The maximum atomic E-state index is 11.8. The third-order valence-electron chi connectivity index (χ3n) is 3.30. The van der Waals surface area contributed by atoms with Crippen LogP contribution in [0.2, 0.25) is 0 Å². The maximum absolute atomic E-state index is 11.8. The van der Waals surface area contributed by atoms with E-state index in [1.54, 1.807) is 6.07 Å². The van der Waals surface area contributed by atoms with Crippen LogP contribution in [0.5, 0.6) is 0 Å². The lowest BCUT2D eigenvalue weighted by atomic mass is 9.98. The second kappa shape index (κ2) is 10.6. The number of alkyl halides is 3. The van der Waals surface area contributed by atoms with Gasteiger partial charge in [-0.1, -0.05) is 55.0 Å². The Morgan fingerprint density at radius 3 is 1.67 bits per heavy atom. The number of hydrogen-bond acceptors (Lipinski definition) is 1. The lowest BCUT2D eigenvalue weighted by Gasteiger charge is -2.08. The van der Waals surface area contributed by atoms with Gasteiger partial charge in [-0.3, -0.25) is 0 Å². The standard InChI is InChI=1S/C11H16.C7H5F3.C2H4O/c1-5-11-9(3)6-8(2)7-10(11)4;8-7(9,10)6-4-2-1-3-5-6;1-2-3/h6-7H,5H2,1-4H3;1-5H;2H,1H3. The molecule has 0 amide bonds. The molecule has 2 rings (SSSR count). The van der Waals surface area contributed by atoms with Crippen molar-refractivity contribution >= 4 is 6.29 Å². The summed E-state index contributed by atoms with van der Waals surface area (Å²) in [7, 11) is 0. The first-order valence-corrected chi connectivity index (χ1v) is 7.76. The Kier molecular flexibility index (Phi) is 9.70. The number of carbonyl (C=O) groups is 1. The summed E-state index contributed by atoms with van der Waals surface area (Å²) >= 11 is 0. The zero-order valence-electron chi connectivity index (χ0n) is 14.9. The fourth-order valence-corrected chi connectivity index (χ4v) is 2.39. The van der Waals surface area contributed by atoms with Crippen molar-refractivity contribution in [3.05, 3.63) is 70.3 Å². The van der Waals surface area contributed by atoms with Crippen molar-refractivity contribution in [1.29, 1.82) is 0 Å². The highest BCUT2D eigenvalue weighted by atomic mass is 19.4. The highest BCUT2D eigenvalue weighted by Crippen LogP contribution is 2.28. The number of halogens is 3. The second-order valence-corrected chi connectivity index (χ2v) is 5.33. The summed E-state index contributed by atoms with van der Waals surface area (Å²) in [6.45, 7) is 10.2. The van der Waals surface area contributed by atoms with Gasteiger partial charge in [0.05, 0.1) is 5.56 Å². The summed E-state index contributed by atoms with van der Waals surface area (Å²) in [4.78, 5) is 8.81. The summed E-state index contributed by atoms with van der Waals surface area (Å²) in [5.41, 5.74) is 5.15. The summed E-state index contributed by atoms with van der Waals surface area (Å²) in [5, 5.41) is 0. The van der Waals surface area contributed by atoms with E-state index >= 15 is 0 Å². The second-order valence-electron chi connectivity index (χ2n) is 5.33. The van der Waals surface area contributed by atoms with Crippen LogP contribution >= 0.6 is 0 Å². The molecule has 0 heterocycles. The molecule has 0 aliphatic heterocycles. The first-order valence-electron chi connectivity index (χ1n) is 7.76. The number of rotatable bonds is 1. The topological polar surface area (TPSA) is 17.1 Å². The normalized spacial score (nSPS) is 10.0. The van der Waals surface area contributed by atoms with Gasteiger partial charge in [-0.05, 0) is 50.8 Å². The number of carbonyl (C=O) groups excluding carboxylic acids is 1. The number of hydrogen-bond donors (Lipinski definition) is 0. The van der Waals surface area contributed by atoms with E-state index in [0.29, 0.717) is 0 Å². The van der Waals surface area contributed by atoms with Crippen LogP contribution in [0, 0.1) is 20.8 Å².